The first-order valence-corrected chi connectivity index (χ1v) is 6.89. The van der Waals surface area contributed by atoms with Crippen molar-refractivity contribution in [1.82, 2.24) is 4.98 Å². The van der Waals surface area contributed by atoms with E-state index in [0.29, 0.717) is 0 Å². The third kappa shape index (κ3) is 3.02. The van der Waals surface area contributed by atoms with Crippen LogP contribution in [0.2, 0.25) is 0 Å². The molecule has 0 aliphatic rings. The number of hydrogen-bond acceptors (Lipinski definition) is 4. The van der Waals surface area contributed by atoms with Crippen LogP contribution in [0.3, 0.4) is 0 Å². The highest BCUT2D eigenvalue weighted by atomic mass is 32.2. The van der Waals surface area contributed by atoms with Gasteiger partial charge in [0, 0.05) is 0 Å². The first-order valence-electron chi connectivity index (χ1n) is 5.41. The van der Waals surface area contributed by atoms with Crippen LogP contribution in [-0.2, 0) is 10.0 Å². The number of anilines is 1. The zero-order valence-electron chi connectivity index (χ0n) is 10.3. The van der Waals surface area contributed by atoms with Crippen LogP contribution in [0.25, 0.3) is 0 Å². The predicted octanol–water partition coefficient (Wildman–Crippen LogP) is 2.17. The molecule has 0 fully saturated rings. The lowest BCUT2D eigenvalue weighted by molar-refractivity contribution is 0.385. The molecule has 1 aromatic heterocycles. The van der Waals surface area contributed by atoms with Gasteiger partial charge in [-0.05, 0) is 30.3 Å². The molecule has 1 N–H and O–H groups in total. The van der Waals surface area contributed by atoms with Crippen molar-refractivity contribution in [2.75, 3.05) is 11.8 Å². The molecule has 8 heteroatoms. The van der Waals surface area contributed by atoms with Crippen molar-refractivity contribution in [3.8, 4) is 5.75 Å². The summed E-state index contributed by atoms with van der Waals surface area (Å²) in [7, 11) is -2.79. The zero-order chi connectivity index (χ0) is 14.8. The van der Waals surface area contributed by atoms with Gasteiger partial charge in [0.2, 0.25) is 5.95 Å². The average Bonchev–Trinajstić information content (AvgIpc) is 2.38. The minimum atomic E-state index is -4.05. The number of sulfonamides is 1. The number of halogens is 2. The van der Waals surface area contributed by atoms with E-state index in [-0.39, 0.29) is 16.5 Å². The third-order valence-electron chi connectivity index (χ3n) is 2.39. The van der Waals surface area contributed by atoms with Crippen molar-refractivity contribution < 1.29 is 21.9 Å². The highest BCUT2D eigenvalue weighted by molar-refractivity contribution is 7.92. The van der Waals surface area contributed by atoms with E-state index in [2.05, 4.69) is 9.71 Å². The molecule has 0 aliphatic carbocycles. The van der Waals surface area contributed by atoms with Crippen LogP contribution in [0.1, 0.15) is 0 Å². The summed E-state index contributed by atoms with van der Waals surface area (Å²) in [6.45, 7) is 0. The summed E-state index contributed by atoms with van der Waals surface area (Å²) in [5, 5.41) is 0. The van der Waals surface area contributed by atoms with E-state index >= 15 is 0 Å². The van der Waals surface area contributed by atoms with Crippen LogP contribution < -0.4 is 9.46 Å². The second kappa shape index (κ2) is 5.41. The fraction of sp³-hybridized carbons (Fsp3) is 0.0833. The highest BCUT2D eigenvalue weighted by Gasteiger charge is 2.17. The van der Waals surface area contributed by atoms with E-state index < -0.39 is 21.8 Å². The first-order chi connectivity index (χ1) is 9.42. The highest BCUT2D eigenvalue weighted by Crippen LogP contribution is 2.22. The Balaban J connectivity index is 2.33. The third-order valence-corrected chi connectivity index (χ3v) is 3.74. The minimum absolute atomic E-state index is 0.0761. The lowest BCUT2D eigenvalue weighted by Gasteiger charge is -2.08. The number of pyridine rings is 1. The quantitative estimate of drug-likeness (QED) is 0.879. The SMILES string of the molecule is COc1ccc(S(=O)(=O)Nc2cccc(F)n2)cc1F. The van der Waals surface area contributed by atoms with Crippen molar-refractivity contribution >= 4 is 15.8 Å². The van der Waals surface area contributed by atoms with E-state index in [4.69, 9.17) is 4.74 Å². The smallest absolute Gasteiger partial charge is 0.263 e. The number of methoxy groups -OCH3 is 1. The Morgan fingerprint density at radius 3 is 2.55 bits per heavy atom. The standard InChI is InChI=1S/C12H10F2N2O3S/c1-19-10-6-5-8(7-9(10)13)20(17,18)16-12-4-2-3-11(14)15-12/h2-7H,1H3,(H,15,16). The van der Waals surface area contributed by atoms with Gasteiger partial charge < -0.3 is 4.74 Å². The van der Waals surface area contributed by atoms with Crippen LogP contribution in [-0.4, -0.2) is 20.5 Å². The van der Waals surface area contributed by atoms with Crippen molar-refractivity contribution in [2.24, 2.45) is 0 Å². The maximum atomic E-state index is 13.5. The fourth-order valence-corrected chi connectivity index (χ4v) is 2.49. The van der Waals surface area contributed by atoms with Crippen LogP contribution in [0.15, 0.2) is 41.3 Å². The van der Waals surface area contributed by atoms with Crippen LogP contribution >= 0.6 is 0 Å². The topological polar surface area (TPSA) is 68.3 Å². The van der Waals surface area contributed by atoms with Gasteiger partial charge in [0.25, 0.3) is 10.0 Å². The second-order valence-corrected chi connectivity index (χ2v) is 5.43. The molecule has 0 atom stereocenters. The van der Waals surface area contributed by atoms with Gasteiger partial charge in [0.05, 0.1) is 12.0 Å². The molecule has 0 bridgehead atoms. The average molecular weight is 300 g/mol. The Morgan fingerprint density at radius 1 is 1.20 bits per heavy atom. The monoisotopic (exact) mass is 300 g/mol. The van der Waals surface area contributed by atoms with Crippen LogP contribution in [0, 0.1) is 11.8 Å². The largest absolute Gasteiger partial charge is 0.494 e. The lowest BCUT2D eigenvalue weighted by Crippen LogP contribution is -2.14. The van der Waals surface area contributed by atoms with Gasteiger partial charge >= 0.3 is 0 Å². The van der Waals surface area contributed by atoms with E-state index in [1.54, 1.807) is 0 Å². The molecule has 1 aromatic carbocycles. The molecule has 0 radical (unpaired) electrons. The number of aromatic nitrogens is 1. The molecule has 0 unspecified atom stereocenters. The van der Waals surface area contributed by atoms with Gasteiger partial charge in [-0.2, -0.15) is 4.39 Å². The van der Waals surface area contributed by atoms with E-state index in [1.807, 2.05) is 0 Å². The molecule has 0 aliphatic heterocycles. The van der Waals surface area contributed by atoms with Gasteiger partial charge in [-0.3, -0.25) is 4.72 Å². The lowest BCUT2D eigenvalue weighted by atomic mass is 10.3. The molecule has 5 nitrogen and oxygen atoms in total. The maximum absolute atomic E-state index is 13.5. The molecule has 20 heavy (non-hydrogen) atoms. The number of benzene rings is 1. The summed E-state index contributed by atoms with van der Waals surface area (Å²) in [5.74, 6) is -1.91. The second-order valence-electron chi connectivity index (χ2n) is 3.75. The maximum Gasteiger partial charge on any atom is 0.263 e. The predicted molar refractivity (Wildman–Crippen MR) is 68.0 cm³/mol. The Hall–Kier alpha value is -2.22. The summed E-state index contributed by atoms with van der Waals surface area (Å²) in [5.41, 5.74) is 0. The van der Waals surface area contributed by atoms with Gasteiger partial charge in [-0.1, -0.05) is 6.07 Å². The van der Waals surface area contributed by atoms with Gasteiger partial charge in [0.1, 0.15) is 5.82 Å². The summed E-state index contributed by atoms with van der Waals surface area (Å²) in [6, 6.07) is 6.81. The molecule has 0 amide bonds. The number of nitrogens with one attached hydrogen (secondary N) is 1. The number of rotatable bonds is 4. The fourth-order valence-electron chi connectivity index (χ4n) is 1.48. The molecule has 1 heterocycles. The van der Waals surface area contributed by atoms with E-state index in [9.17, 15) is 17.2 Å². The Kier molecular flexibility index (Phi) is 3.84. The molecule has 0 spiro atoms. The minimum Gasteiger partial charge on any atom is -0.494 e. The summed E-state index contributed by atoms with van der Waals surface area (Å²) >= 11 is 0. The number of hydrogen-bond donors (Lipinski definition) is 1. The zero-order valence-corrected chi connectivity index (χ0v) is 11.1. The van der Waals surface area contributed by atoms with Crippen molar-refractivity contribution in [3.05, 3.63) is 48.2 Å². The number of ether oxygens (including phenoxy) is 1. The molecular formula is C12H10F2N2O3S. The van der Waals surface area contributed by atoms with Gasteiger partial charge in [-0.15, -0.1) is 0 Å². The Bertz CT molecular complexity index is 735. The summed E-state index contributed by atoms with van der Waals surface area (Å²) in [6.07, 6.45) is 0. The summed E-state index contributed by atoms with van der Waals surface area (Å²) < 4.78 is 57.1. The molecule has 106 valence electrons. The van der Waals surface area contributed by atoms with Crippen molar-refractivity contribution in [3.63, 3.8) is 0 Å². The van der Waals surface area contributed by atoms with Gasteiger partial charge in [0.15, 0.2) is 11.6 Å². The molecular weight excluding hydrogens is 290 g/mol. The molecule has 0 saturated carbocycles. The van der Waals surface area contributed by atoms with Crippen molar-refractivity contribution in [1.29, 1.82) is 0 Å². The summed E-state index contributed by atoms with van der Waals surface area (Å²) in [4.78, 5) is 3.05. The van der Waals surface area contributed by atoms with Crippen LogP contribution in [0.5, 0.6) is 5.75 Å². The van der Waals surface area contributed by atoms with Gasteiger partial charge in [-0.25, -0.2) is 17.8 Å². The normalized spacial score (nSPS) is 11.2. The first kappa shape index (κ1) is 14.2. The molecule has 0 saturated heterocycles. The van der Waals surface area contributed by atoms with Crippen LogP contribution in [0.4, 0.5) is 14.6 Å². The molecule has 2 rings (SSSR count). The van der Waals surface area contributed by atoms with E-state index in [1.165, 1.54) is 31.4 Å². The Morgan fingerprint density at radius 2 is 1.95 bits per heavy atom. The number of nitrogens with zero attached hydrogens (tertiary/aromatic N) is 1. The van der Waals surface area contributed by atoms with E-state index in [0.717, 1.165) is 12.1 Å². The Labute approximate surface area is 114 Å². The molecule has 2 aromatic rings. The van der Waals surface area contributed by atoms with Crippen molar-refractivity contribution in [2.45, 2.75) is 4.90 Å².